The summed E-state index contributed by atoms with van der Waals surface area (Å²) in [7, 11) is 0. The van der Waals surface area contributed by atoms with Crippen LogP contribution in [0.2, 0.25) is 0 Å². The van der Waals surface area contributed by atoms with Crippen molar-refractivity contribution in [3.8, 4) is 22.8 Å². The van der Waals surface area contributed by atoms with E-state index in [1.54, 1.807) is 18.6 Å². The van der Waals surface area contributed by atoms with Crippen LogP contribution in [-0.4, -0.2) is 44.9 Å². The number of rotatable bonds is 6. The highest BCUT2D eigenvalue weighted by molar-refractivity contribution is 6.06. The second kappa shape index (κ2) is 9.50. The lowest BCUT2D eigenvalue weighted by Crippen LogP contribution is -2.40. The van der Waals surface area contributed by atoms with Gasteiger partial charge in [-0.3, -0.25) is 9.78 Å². The Morgan fingerprint density at radius 2 is 1.78 bits per heavy atom. The highest BCUT2D eigenvalue weighted by Crippen LogP contribution is 2.31. The monoisotopic (exact) mass is 477 g/mol. The zero-order chi connectivity index (χ0) is 24.3. The van der Waals surface area contributed by atoms with E-state index in [4.69, 9.17) is 14.5 Å². The first kappa shape index (κ1) is 21.8. The quantitative estimate of drug-likeness (QED) is 0.396. The third kappa shape index (κ3) is 4.36. The number of aromatic nitrogens is 4. The largest absolute Gasteiger partial charge is 0.486 e. The first-order valence-electron chi connectivity index (χ1n) is 11.7. The van der Waals surface area contributed by atoms with Gasteiger partial charge in [0.25, 0.3) is 5.91 Å². The van der Waals surface area contributed by atoms with E-state index in [2.05, 4.69) is 15.4 Å². The molecule has 1 N–H and O–H groups in total. The van der Waals surface area contributed by atoms with Crippen molar-refractivity contribution in [1.29, 1.82) is 0 Å². The van der Waals surface area contributed by atoms with Gasteiger partial charge in [0.2, 0.25) is 0 Å². The van der Waals surface area contributed by atoms with E-state index >= 15 is 0 Å². The van der Waals surface area contributed by atoms with Crippen LogP contribution in [0.3, 0.4) is 0 Å². The molecule has 36 heavy (non-hydrogen) atoms. The maximum Gasteiger partial charge on any atom is 0.252 e. The zero-order valence-corrected chi connectivity index (χ0v) is 19.4. The molecule has 6 rings (SSSR count). The summed E-state index contributed by atoms with van der Waals surface area (Å²) in [6.45, 7) is 1.19. The number of carbonyl (C=O) groups is 1. The second-order valence-corrected chi connectivity index (χ2v) is 8.52. The average molecular weight is 478 g/mol. The molecule has 8 heteroatoms. The van der Waals surface area contributed by atoms with Crippen molar-refractivity contribution >= 4 is 16.9 Å². The summed E-state index contributed by atoms with van der Waals surface area (Å²) in [5.74, 6) is 1.17. The van der Waals surface area contributed by atoms with Crippen molar-refractivity contribution < 1.29 is 14.3 Å². The highest BCUT2D eigenvalue weighted by atomic mass is 16.6. The molecular formula is C28H23N5O3. The molecule has 0 bridgehead atoms. The maximum absolute atomic E-state index is 13.4. The van der Waals surface area contributed by atoms with Crippen molar-refractivity contribution in [3.63, 3.8) is 0 Å². The molecule has 1 unspecified atom stereocenters. The highest BCUT2D eigenvalue weighted by Gasteiger charge is 2.23. The molecule has 3 aromatic heterocycles. The molecule has 0 fully saturated rings. The van der Waals surface area contributed by atoms with E-state index in [9.17, 15) is 4.79 Å². The van der Waals surface area contributed by atoms with Gasteiger partial charge < -0.3 is 14.8 Å². The predicted octanol–water partition coefficient (Wildman–Crippen LogP) is 4.11. The van der Waals surface area contributed by atoms with Crippen molar-refractivity contribution in [2.45, 2.75) is 12.6 Å². The lowest BCUT2D eigenvalue weighted by molar-refractivity contribution is 0.0790. The number of para-hydroxylation sites is 2. The van der Waals surface area contributed by atoms with Gasteiger partial charge in [-0.05, 0) is 35.9 Å². The SMILES string of the molecule is O=C(NCC1COc2ccccc2O1)c1cc(-c2ccccc2)nc2c1cnn2Cc1ccncc1. The van der Waals surface area contributed by atoms with Gasteiger partial charge in [0, 0.05) is 18.0 Å². The van der Waals surface area contributed by atoms with E-state index in [0.29, 0.717) is 53.5 Å². The van der Waals surface area contributed by atoms with Gasteiger partial charge in [-0.25, -0.2) is 9.67 Å². The summed E-state index contributed by atoms with van der Waals surface area (Å²) in [4.78, 5) is 22.4. The molecule has 4 heterocycles. The number of hydrogen-bond acceptors (Lipinski definition) is 6. The van der Waals surface area contributed by atoms with E-state index in [0.717, 1.165) is 11.1 Å². The van der Waals surface area contributed by atoms with Gasteiger partial charge in [0.15, 0.2) is 17.1 Å². The lowest BCUT2D eigenvalue weighted by atomic mass is 10.1. The molecule has 1 aliphatic rings. The molecule has 0 saturated heterocycles. The van der Waals surface area contributed by atoms with Gasteiger partial charge in [0.05, 0.1) is 35.9 Å². The molecule has 8 nitrogen and oxygen atoms in total. The Bertz CT molecular complexity index is 1520. The Morgan fingerprint density at radius 3 is 2.61 bits per heavy atom. The van der Waals surface area contributed by atoms with Crippen LogP contribution < -0.4 is 14.8 Å². The number of hydrogen-bond donors (Lipinski definition) is 1. The Kier molecular flexibility index (Phi) is 5.75. The third-order valence-electron chi connectivity index (χ3n) is 6.06. The van der Waals surface area contributed by atoms with Gasteiger partial charge in [0.1, 0.15) is 12.7 Å². The molecule has 2 aromatic carbocycles. The summed E-state index contributed by atoms with van der Waals surface area (Å²) in [5.41, 5.74) is 3.82. The van der Waals surface area contributed by atoms with Gasteiger partial charge in [-0.1, -0.05) is 42.5 Å². The topological polar surface area (TPSA) is 91.2 Å². The van der Waals surface area contributed by atoms with Crippen LogP contribution in [0.5, 0.6) is 11.5 Å². The fraction of sp³-hybridized carbons (Fsp3) is 0.143. The van der Waals surface area contributed by atoms with Crippen molar-refractivity contribution in [2.24, 2.45) is 0 Å². The molecule has 0 saturated carbocycles. The minimum Gasteiger partial charge on any atom is -0.486 e. The Morgan fingerprint density at radius 1 is 1.00 bits per heavy atom. The van der Waals surface area contributed by atoms with E-state index in [1.807, 2.05) is 77.5 Å². The first-order valence-corrected chi connectivity index (χ1v) is 11.7. The molecule has 178 valence electrons. The molecular weight excluding hydrogens is 454 g/mol. The predicted molar refractivity (Wildman–Crippen MR) is 135 cm³/mol. The fourth-order valence-corrected chi connectivity index (χ4v) is 4.23. The van der Waals surface area contributed by atoms with E-state index in [1.165, 1.54) is 0 Å². The molecule has 1 atom stereocenters. The van der Waals surface area contributed by atoms with Crippen LogP contribution in [-0.2, 0) is 6.54 Å². The minimum atomic E-state index is -0.288. The number of nitrogens with zero attached hydrogens (tertiary/aromatic N) is 4. The van der Waals surface area contributed by atoms with Crippen LogP contribution in [0.4, 0.5) is 0 Å². The first-order chi connectivity index (χ1) is 17.7. The number of carbonyl (C=O) groups excluding carboxylic acids is 1. The molecule has 0 spiro atoms. The number of benzene rings is 2. The van der Waals surface area contributed by atoms with Gasteiger partial charge >= 0.3 is 0 Å². The maximum atomic E-state index is 13.4. The molecule has 0 radical (unpaired) electrons. The summed E-state index contributed by atoms with van der Waals surface area (Å²) < 4.78 is 13.6. The number of fused-ring (bicyclic) bond motifs is 2. The number of ether oxygens (including phenoxy) is 2. The molecule has 5 aromatic rings. The van der Waals surface area contributed by atoms with Crippen LogP contribution in [0.15, 0.2) is 91.4 Å². The molecule has 0 aliphatic carbocycles. The lowest BCUT2D eigenvalue weighted by Gasteiger charge is -2.26. The zero-order valence-electron chi connectivity index (χ0n) is 19.4. The Labute approximate surface area is 207 Å². The normalized spacial score (nSPS) is 14.5. The van der Waals surface area contributed by atoms with Crippen LogP contribution in [0.1, 0.15) is 15.9 Å². The van der Waals surface area contributed by atoms with Crippen LogP contribution in [0, 0.1) is 0 Å². The standard InChI is InChI=1S/C28H23N5O3/c34-28(30-15-21-18-35-25-8-4-5-9-26(25)36-21)22-14-24(20-6-2-1-3-7-20)32-27-23(22)16-31-33(27)17-19-10-12-29-13-11-19/h1-14,16,21H,15,17-18H2,(H,30,34). The smallest absolute Gasteiger partial charge is 0.252 e. The summed E-state index contributed by atoms with van der Waals surface area (Å²) in [6, 6.07) is 23.0. The van der Waals surface area contributed by atoms with Crippen LogP contribution in [0.25, 0.3) is 22.3 Å². The van der Waals surface area contributed by atoms with Gasteiger partial charge in [-0.2, -0.15) is 5.10 Å². The second-order valence-electron chi connectivity index (χ2n) is 8.52. The van der Waals surface area contributed by atoms with Gasteiger partial charge in [-0.15, -0.1) is 0 Å². The molecule has 1 amide bonds. The van der Waals surface area contributed by atoms with Crippen molar-refractivity contribution in [1.82, 2.24) is 25.1 Å². The Balaban J connectivity index is 1.30. The van der Waals surface area contributed by atoms with E-state index < -0.39 is 0 Å². The summed E-state index contributed by atoms with van der Waals surface area (Å²) in [5, 5.41) is 8.25. The average Bonchev–Trinajstić information content (AvgIpc) is 3.34. The number of amides is 1. The van der Waals surface area contributed by atoms with E-state index in [-0.39, 0.29) is 12.0 Å². The third-order valence-corrected chi connectivity index (χ3v) is 6.06. The fourth-order valence-electron chi connectivity index (χ4n) is 4.23. The van der Waals surface area contributed by atoms with Crippen molar-refractivity contribution in [3.05, 3.63) is 103 Å². The number of nitrogens with one attached hydrogen (secondary N) is 1. The minimum absolute atomic E-state index is 0.217. The Hall–Kier alpha value is -4.72. The van der Waals surface area contributed by atoms with Crippen LogP contribution >= 0.6 is 0 Å². The summed E-state index contributed by atoms with van der Waals surface area (Å²) >= 11 is 0. The number of pyridine rings is 2. The molecule has 1 aliphatic heterocycles. The van der Waals surface area contributed by atoms with Crippen molar-refractivity contribution in [2.75, 3.05) is 13.2 Å². The summed E-state index contributed by atoms with van der Waals surface area (Å²) in [6.07, 6.45) is 4.91.